The van der Waals surface area contributed by atoms with Gasteiger partial charge in [0.05, 0.1) is 0 Å². The highest BCUT2D eigenvalue weighted by molar-refractivity contribution is 5.32. The molecule has 2 nitrogen and oxygen atoms in total. The third-order valence-corrected chi connectivity index (χ3v) is 4.61. The summed E-state index contributed by atoms with van der Waals surface area (Å²) in [5, 5.41) is 7.18. The highest BCUT2D eigenvalue weighted by Gasteiger charge is 2.16. The zero-order valence-corrected chi connectivity index (χ0v) is 13.2. The molecule has 0 atom stereocenters. The van der Waals surface area contributed by atoms with Crippen LogP contribution >= 0.6 is 0 Å². The summed E-state index contributed by atoms with van der Waals surface area (Å²) < 4.78 is 0. The standard InChI is InChI=1S/C20H26N2/c1-3-7-17(8-4-1)20(18-9-5-2-6-10-18)13-16-22-19-11-14-21-15-12-19/h1-10,19-22H,11-16H2. The van der Waals surface area contributed by atoms with Crippen molar-refractivity contribution in [1.82, 2.24) is 10.6 Å². The molecule has 1 aliphatic heterocycles. The summed E-state index contributed by atoms with van der Waals surface area (Å²) in [6.45, 7) is 3.38. The molecule has 1 fully saturated rings. The maximum atomic E-state index is 3.75. The van der Waals surface area contributed by atoms with Crippen LogP contribution in [0.4, 0.5) is 0 Å². The topological polar surface area (TPSA) is 24.1 Å². The van der Waals surface area contributed by atoms with Crippen LogP contribution in [0.15, 0.2) is 60.7 Å². The first-order chi connectivity index (χ1) is 10.9. The fourth-order valence-corrected chi connectivity index (χ4v) is 3.35. The molecule has 22 heavy (non-hydrogen) atoms. The van der Waals surface area contributed by atoms with Crippen molar-refractivity contribution in [2.45, 2.75) is 31.2 Å². The quantitative estimate of drug-likeness (QED) is 0.851. The minimum atomic E-state index is 0.483. The molecule has 2 heteroatoms. The highest BCUT2D eigenvalue weighted by atomic mass is 15.0. The number of benzene rings is 2. The smallest absolute Gasteiger partial charge is 0.0101 e. The van der Waals surface area contributed by atoms with Crippen LogP contribution in [0.25, 0.3) is 0 Å². The van der Waals surface area contributed by atoms with E-state index in [1.807, 2.05) is 0 Å². The zero-order valence-electron chi connectivity index (χ0n) is 13.2. The van der Waals surface area contributed by atoms with E-state index in [0.29, 0.717) is 12.0 Å². The van der Waals surface area contributed by atoms with Gasteiger partial charge in [0.25, 0.3) is 0 Å². The molecule has 0 radical (unpaired) electrons. The van der Waals surface area contributed by atoms with E-state index in [1.54, 1.807) is 0 Å². The van der Waals surface area contributed by atoms with Gasteiger partial charge in [0.2, 0.25) is 0 Å². The van der Waals surface area contributed by atoms with Crippen LogP contribution in [-0.2, 0) is 0 Å². The Morgan fingerprint density at radius 2 is 1.41 bits per heavy atom. The van der Waals surface area contributed by atoms with E-state index in [1.165, 1.54) is 24.0 Å². The lowest BCUT2D eigenvalue weighted by atomic mass is 9.88. The van der Waals surface area contributed by atoms with Crippen molar-refractivity contribution in [2.75, 3.05) is 19.6 Å². The highest BCUT2D eigenvalue weighted by Crippen LogP contribution is 2.27. The van der Waals surface area contributed by atoms with E-state index in [0.717, 1.165) is 26.1 Å². The second-order valence-electron chi connectivity index (χ2n) is 6.14. The molecule has 2 aromatic carbocycles. The molecule has 0 spiro atoms. The molecule has 0 saturated carbocycles. The van der Waals surface area contributed by atoms with Crippen LogP contribution < -0.4 is 10.6 Å². The zero-order chi connectivity index (χ0) is 15.0. The van der Waals surface area contributed by atoms with E-state index in [2.05, 4.69) is 71.3 Å². The van der Waals surface area contributed by atoms with Gasteiger partial charge in [0.15, 0.2) is 0 Å². The predicted octanol–water partition coefficient (Wildman–Crippen LogP) is 3.55. The van der Waals surface area contributed by atoms with Gasteiger partial charge in [-0.15, -0.1) is 0 Å². The molecule has 0 aromatic heterocycles. The Bertz CT molecular complexity index is 493. The minimum Gasteiger partial charge on any atom is -0.317 e. The molecule has 0 bridgehead atoms. The first kappa shape index (κ1) is 15.3. The normalized spacial score (nSPS) is 16.0. The van der Waals surface area contributed by atoms with Gasteiger partial charge in [-0.05, 0) is 50.0 Å². The first-order valence-corrected chi connectivity index (χ1v) is 8.47. The third-order valence-electron chi connectivity index (χ3n) is 4.61. The summed E-state index contributed by atoms with van der Waals surface area (Å²) in [4.78, 5) is 0. The van der Waals surface area contributed by atoms with E-state index < -0.39 is 0 Å². The van der Waals surface area contributed by atoms with Crippen molar-refractivity contribution < 1.29 is 0 Å². The molecule has 1 aliphatic rings. The van der Waals surface area contributed by atoms with Crippen LogP contribution in [0.5, 0.6) is 0 Å². The minimum absolute atomic E-state index is 0.483. The van der Waals surface area contributed by atoms with E-state index >= 15 is 0 Å². The van der Waals surface area contributed by atoms with Crippen molar-refractivity contribution in [1.29, 1.82) is 0 Å². The molecule has 0 amide bonds. The van der Waals surface area contributed by atoms with Gasteiger partial charge in [0.1, 0.15) is 0 Å². The molecule has 116 valence electrons. The predicted molar refractivity (Wildman–Crippen MR) is 93.2 cm³/mol. The van der Waals surface area contributed by atoms with Crippen LogP contribution in [0, 0.1) is 0 Å². The fraction of sp³-hybridized carbons (Fsp3) is 0.400. The summed E-state index contributed by atoms with van der Waals surface area (Å²) in [7, 11) is 0. The molecule has 2 aromatic rings. The third kappa shape index (κ3) is 4.19. The molecule has 0 aliphatic carbocycles. The number of hydrogen-bond acceptors (Lipinski definition) is 2. The number of rotatable bonds is 6. The molecule has 3 rings (SSSR count). The Morgan fingerprint density at radius 3 is 1.95 bits per heavy atom. The van der Waals surface area contributed by atoms with Gasteiger partial charge in [-0.25, -0.2) is 0 Å². The lowest BCUT2D eigenvalue weighted by molar-refractivity contribution is 0.383. The summed E-state index contributed by atoms with van der Waals surface area (Å²) >= 11 is 0. The second kappa shape index (κ2) is 8.11. The molecule has 1 heterocycles. The van der Waals surface area contributed by atoms with Gasteiger partial charge in [-0.3, -0.25) is 0 Å². The number of hydrogen-bond donors (Lipinski definition) is 2. The van der Waals surface area contributed by atoms with Gasteiger partial charge >= 0.3 is 0 Å². The number of piperidine rings is 1. The molecular formula is C20H26N2. The molecule has 0 unspecified atom stereocenters. The van der Waals surface area contributed by atoms with Gasteiger partial charge in [-0.2, -0.15) is 0 Å². The van der Waals surface area contributed by atoms with Gasteiger partial charge in [-0.1, -0.05) is 60.7 Å². The second-order valence-corrected chi connectivity index (χ2v) is 6.14. The summed E-state index contributed by atoms with van der Waals surface area (Å²) in [5.74, 6) is 0.483. The SMILES string of the molecule is c1ccc(C(CCNC2CCNCC2)c2ccccc2)cc1. The Kier molecular flexibility index (Phi) is 5.63. The first-order valence-electron chi connectivity index (χ1n) is 8.47. The van der Waals surface area contributed by atoms with Crippen LogP contribution in [-0.4, -0.2) is 25.7 Å². The maximum Gasteiger partial charge on any atom is 0.0101 e. The van der Waals surface area contributed by atoms with Gasteiger partial charge < -0.3 is 10.6 Å². The van der Waals surface area contributed by atoms with Crippen molar-refractivity contribution in [3.05, 3.63) is 71.8 Å². The molecule has 2 N–H and O–H groups in total. The Labute approximate surface area is 134 Å². The van der Waals surface area contributed by atoms with Crippen molar-refractivity contribution in [3.8, 4) is 0 Å². The summed E-state index contributed by atoms with van der Waals surface area (Å²) in [5.41, 5.74) is 2.83. The molecular weight excluding hydrogens is 268 g/mol. The fourth-order valence-electron chi connectivity index (χ4n) is 3.35. The Morgan fingerprint density at radius 1 is 0.864 bits per heavy atom. The average molecular weight is 294 g/mol. The van der Waals surface area contributed by atoms with Crippen molar-refractivity contribution >= 4 is 0 Å². The summed E-state index contributed by atoms with van der Waals surface area (Å²) in [6, 6.07) is 22.5. The van der Waals surface area contributed by atoms with E-state index in [4.69, 9.17) is 0 Å². The van der Waals surface area contributed by atoms with E-state index in [9.17, 15) is 0 Å². The Balaban J connectivity index is 1.64. The lowest BCUT2D eigenvalue weighted by Crippen LogP contribution is -2.40. The van der Waals surface area contributed by atoms with Crippen molar-refractivity contribution in [2.24, 2.45) is 0 Å². The largest absolute Gasteiger partial charge is 0.317 e. The monoisotopic (exact) mass is 294 g/mol. The van der Waals surface area contributed by atoms with Crippen molar-refractivity contribution in [3.63, 3.8) is 0 Å². The average Bonchev–Trinajstić information content (AvgIpc) is 2.61. The summed E-state index contributed by atoms with van der Waals surface area (Å²) in [6.07, 6.45) is 3.65. The van der Waals surface area contributed by atoms with E-state index in [-0.39, 0.29) is 0 Å². The number of nitrogens with one attached hydrogen (secondary N) is 2. The molecule has 1 saturated heterocycles. The van der Waals surface area contributed by atoms with Gasteiger partial charge in [0, 0.05) is 12.0 Å². The lowest BCUT2D eigenvalue weighted by Gasteiger charge is -2.25. The van der Waals surface area contributed by atoms with Crippen LogP contribution in [0.2, 0.25) is 0 Å². The Hall–Kier alpha value is -1.64. The van der Waals surface area contributed by atoms with Crippen LogP contribution in [0.1, 0.15) is 36.3 Å². The van der Waals surface area contributed by atoms with Crippen LogP contribution in [0.3, 0.4) is 0 Å². The maximum absolute atomic E-state index is 3.75.